The van der Waals surface area contributed by atoms with E-state index in [0.29, 0.717) is 18.8 Å². The highest BCUT2D eigenvalue weighted by atomic mass is 16.2. The van der Waals surface area contributed by atoms with Gasteiger partial charge >= 0.3 is 0 Å². The van der Waals surface area contributed by atoms with E-state index in [1.54, 1.807) is 4.90 Å². The van der Waals surface area contributed by atoms with E-state index < -0.39 is 5.54 Å². The molecule has 160 valence electrons. The van der Waals surface area contributed by atoms with Crippen molar-refractivity contribution >= 4 is 11.8 Å². The summed E-state index contributed by atoms with van der Waals surface area (Å²) in [4.78, 5) is 28.8. The SMILES string of the molecule is CCCN1C(=O)c2ccc(-c3ccccc3)n2C[C@@]1(C)C(=O)NC1CCCCCC1. The van der Waals surface area contributed by atoms with E-state index in [2.05, 4.69) is 24.4 Å². The van der Waals surface area contributed by atoms with Crippen LogP contribution in [0.15, 0.2) is 42.5 Å². The fraction of sp³-hybridized carbons (Fsp3) is 0.520. The van der Waals surface area contributed by atoms with Crippen molar-refractivity contribution in [3.8, 4) is 11.3 Å². The first-order valence-corrected chi connectivity index (χ1v) is 11.4. The van der Waals surface area contributed by atoms with Gasteiger partial charge < -0.3 is 14.8 Å². The van der Waals surface area contributed by atoms with Crippen molar-refractivity contribution in [3.63, 3.8) is 0 Å². The molecule has 0 spiro atoms. The molecule has 0 bridgehead atoms. The molecule has 1 aromatic heterocycles. The summed E-state index contributed by atoms with van der Waals surface area (Å²) in [6.07, 6.45) is 7.72. The summed E-state index contributed by atoms with van der Waals surface area (Å²) >= 11 is 0. The zero-order valence-electron chi connectivity index (χ0n) is 18.2. The largest absolute Gasteiger partial charge is 0.351 e. The van der Waals surface area contributed by atoms with E-state index in [4.69, 9.17) is 0 Å². The Hall–Kier alpha value is -2.56. The molecule has 1 saturated carbocycles. The van der Waals surface area contributed by atoms with E-state index in [0.717, 1.165) is 30.5 Å². The number of nitrogens with one attached hydrogen (secondary N) is 1. The molecule has 1 N–H and O–H groups in total. The van der Waals surface area contributed by atoms with Crippen LogP contribution < -0.4 is 5.32 Å². The maximum atomic E-state index is 13.6. The molecular formula is C25H33N3O2. The van der Waals surface area contributed by atoms with E-state index in [-0.39, 0.29) is 17.9 Å². The normalized spacial score (nSPS) is 22.5. The van der Waals surface area contributed by atoms with Gasteiger partial charge in [0.25, 0.3) is 5.91 Å². The minimum Gasteiger partial charge on any atom is -0.351 e. The fourth-order valence-electron chi connectivity index (χ4n) is 4.97. The van der Waals surface area contributed by atoms with Crippen LogP contribution in [-0.2, 0) is 11.3 Å². The molecule has 0 radical (unpaired) electrons. The summed E-state index contributed by atoms with van der Waals surface area (Å²) in [5.74, 6) is -0.0710. The minimum atomic E-state index is -0.894. The molecule has 0 unspecified atom stereocenters. The Morgan fingerprint density at radius 2 is 1.70 bits per heavy atom. The Kier molecular flexibility index (Phi) is 5.98. The Labute approximate surface area is 179 Å². The molecule has 2 heterocycles. The molecule has 1 fully saturated rings. The third kappa shape index (κ3) is 3.78. The maximum Gasteiger partial charge on any atom is 0.271 e. The molecule has 5 nitrogen and oxygen atoms in total. The van der Waals surface area contributed by atoms with Crippen molar-refractivity contribution in [2.24, 2.45) is 0 Å². The first kappa shape index (κ1) is 20.7. The maximum absolute atomic E-state index is 13.6. The lowest BCUT2D eigenvalue weighted by atomic mass is 9.93. The van der Waals surface area contributed by atoms with Crippen molar-refractivity contribution in [1.29, 1.82) is 0 Å². The van der Waals surface area contributed by atoms with E-state index in [1.807, 2.05) is 41.8 Å². The van der Waals surface area contributed by atoms with Crippen LogP contribution in [0.3, 0.4) is 0 Å². The lowest BCUT2D eigenvalue weighted by Gasteiger charge is -2.45. The van der Waals surface area contributed by atoms with Gasteiger partial charge in [0.15, 0.2) is 0 Å². The number of hydrogen-bond acceptors (Lipinski definition) is 2. The van der Waals surface area contributed by atoms with Gasteiger partial charge in [0, 0.05) is 18.3 Å². The van der Waals surface area contributed by atoms with Gasteiger partial charge in [-0.05, 0) is 43.9 Å². The van der Waals surface area contributed by atoms with Gasteiger partial charge in [-0.15, -0.1) is 0 Å². The number of rotatable bonds is 5. The quantitative estimate of drug-likeness (QED) is 0.736. The lowest BCUT2D eigenvalue weighted by Crippen LogP contribution is -2.65. The minimum absolute atomic E-state index is 0.0189. The summed E-state index contributed by atoms with van der Waals surface area (Å²) in [5, 5.41) is 3.31. The Morgan fingerprint density at radius 3 is 2.37 bits per heavy atom. The van der Waals surface area contributed by atoms with Gasteiger partial charge in [0.2, 0.25) is 5.91 Å². The van der Waals surface area contributed by atoms with Crippen LogP contribution in [0.2, 0.25) is 0 Å². The molecule has 1 aliphatic heterocycles. The molecule has 1 aromatic carbocycles. The average Bonchev–Trinajstić information content (AvgIpc) is 2.99. The van der Waals surface area contributed by atoms with Crippen molar-refractivity contribution in [2.75, 3.05) is 6.54 Å². The van der Waals surface area contributed by atoms with Crippen molar-refractivity contribution in [1.82, 2.24) is 14.8 Å². The second-order valence-corrected chi connectivity index (χ2v) is 8.95. The summed E-state index contributed by atoms with van der Waals surface area (Å²) in [6, 6.07) is 14.2. The highest BCUT2D eigenvalue weighted by Crippen LogP contribution is 2.33. The molecule has 30 heavy (non-hydrogen) atoms. The molecule has 2 aromatic rings. The summed E-state index contributed by atoms with van der Waals surface area (Å²) in [7, 11) is 0. The Morgan fingerprint density at radius 1 is 1.03 bits per heavy atom. The molecule has 2 aliphatic rings. The molecular weight excluding hydrogens is 374 g/mol. The molecule has 1 atom stereocenters. The van der Waals surface area contributed by atoms with E-state index >= 15 is 0 Å². The number of hydrogen-bond donors (Lipinski definition) is 1. The molecule has 2 amide bonds. The van der Waals surface area contributed by atoms with Crippen LogP contribution in [0, 0.1) is 0 Å². The lowest BCUT2D eigenvalue weighted by molar-refractivity contribution is -0.133. The standard InChI is InChI=1S/C25H33N3O2/c1-3-17-28-23(29)22-16-15-21(19-11-7-6-8-12-19)27(22)18-25(28,2)24(30)26-20-13-9-4-5-10-14-20/h6-8,11-12,15-16,20H,3-5,9-10,13-14,17-18H2,1-2H3,(H,26,30)/t25-/m0/s1. The number of carbonyl (C=O) groups excluding carboxylic acids is 2. The van der Waals surface area contributed by atoms with Crippen molar-refractivity contribution in [2.45, 2.75) is 76.9 Å². The summed E-state index contributed by atoms with van der Waals surface area (Å²) < 4.78 is 2.04. The van der Waals surface area contributed by atoms with Gasteiger partial charge in [-0.1, -0.05) is 62.9 Å². The number of amides is 2. The van der Waals surface area contributed by atoms with E-state index in [1.165, 1.54) is 25.7 Å². The number of nitrogens with zero attached hydrogens (tertiary/aromatic N) is 2. The molecule has 0 saturated heterocycles. The predicted molar refractivity (Wildman–Crippen MR) is 119 cm³/mol. The first-order valence-electron chi connectivity index (χ1n) is 11.4. The third-order valence-corrected chi connectivity index (χ3v) is 6.70. The molecule has 4 rings (SSSR count). The van der Waals surface area contributed by atoms with Crippen LogP contribution in [0.1, 0.15) is 69.3 Å². The predicted octanol–water partition coefficient (Wildman–Crippen LogP) is 4.62. The second-order valence-electron chi connectivity index (χ2n) is 8.95. The van der Waals surface area contributed by atoms with E-state index in [9.17, 15) is 9.59 Å². The Bertz CT molecular complexity index is 896. The second kappa shape index (κ2) is 8.66. The average molecular weight is 408 g/mol. The highest BCUT2D eigenvalue weighted by molar-refractivity contribution is 6.00. The number of benzene rings is 1. The van der Waals surface area contributed by atoms with Crippen LogP contribution in [0.25, 0.3) is 11.3 Å². The smallest absolute Gasteiger partial charge is 0.271 e. The van der Waals surface area contributed by atoms with Crippen molar-refractivity contribution < 1.29 is 9.59 Å². The number of aromatic nitrogens is 1. The van der Waals surface area contributed by atoms with Crippen LogP contribution >= 0.6 is 0 Å². The van der Waals surface area contributed by atoms with Gasteiger partial charge in [-0.3, -0.25) is 9.59 Å². The Balaban J connectivity index is 1.67. The zero-order valence-corrected chi connectivity index (χ0v) is 18.2. The summed E-state index contributed by atoms with van der Waals surface area (Å²) in [6.45, 7) is 5.05. The van der Waals surface area contributed by atoms with Gasteiger partial charge in [-0.25, -0.2) is 0 Å². The van der Waals surface area contributed by atoms with Gasteiger partial charge in [0.1, 0.15) is 11.2 Å². The summed E-state index contributed by atoms with van der Waals surface area (Å²) in [5.41, 5.74) is 1.83. The van der Waals surface area contributed by atoms with Crippen LogP contribution in [-0.4, -0.2) is 39.4 Å². The molecule has 1 aliphatic carbocycles. The monoisotopic (exact) mass is 407 g/mol. The molecule has 5 heteroatoms. The van der Waals surface area contributed by atoms with Gasteiger partial charge in [0.05, 0.1) is 6.54 Å². The van der Waals surface area contributed by atoms with Crippen LogP contribution in [0.4, 0.5) is 0 Å². The van der Waals surface area contributed by atoms with Crippen molar-refractivity contribution in [3.05, 3.63) is 48.2 Å². The number of fused-ring (bicyclic) bond motifs is 1. The third-order valence-electron chi connectivity index (χ3n) is 6.70. The van der Waals surface area contributed by atoms with Gasteiger partial charge in [-0.2, -0.15) is 0 Å². The van der Waals surface area contributed by atoms with Crippen LogP contribution in [0.5, 0.6) is 0 Å². The number of carbonyl (C=O) groups is 2. The zero-order chi connectivity index (χ0) is 21.1. The fourth-order valence-corrected chi connectivity index (χ4v) is 4.97. The highest BCUT2D eigenvalue weighted by Gasteiger charge is 2.47. The topological polar surface area (TPSA) is 54.3 Å². The first-order chi connectivity index (χ1) is 14.5.